The maximum absolute atomic E-state index is 13.1. The van der Waals surface area contributed by atoms with Crippen molar-refractivity contribution < 1.29 is 8.78 Å². The summed E-state index contributed by atoms with van der Waals surface area (Å²) in [5, 5.41) is 0.521. The Morgan fingerprint density at radius 1 is 0.567 bits per heavy atom. The van der Waals surface area contributed by atoms with E-state index in [1.54, 1.807) is 0 Å². The van der Waals surface area contributed by atoms with Crippen LogP contribution in [0.25, 0.3) is 0 Å². The summed E-state index contributed by atoms with van der Waals surface area (Å²) >= 11 is 4.38. The molecule has 0 aliphatic carbocycles. The quantitative estimate of drug-likeness (QED) is 0.260. The van der Waals surface area contributed by atoms with Gasteiger partial charge in [0.1, 0.15) is 0 Å². The summed E-state index contributed by atoms with van der Waals surface area (Å²) in [5.41, 5.74) is 1.07. The molecule has 0 saturated carbocycles. The Labute approximate surface area is 184 Å². The van der Waals surface area contributed by atoms with Crippen molar-refractivity contribution in [2.45, 2.75) is 12.6 Å². The van der Waals surface area contributed by atoms with Crippen LogP contribution in [0.3, 0.4) is 0 Å². The van der Waals surface area contributed by atoms with Gasteiger partial charge in [-0.25, -0.2) is 0 Å². The van der Waals surface area contributed by atoms with Crippen molar-refractivity contribution in [2.24, 2.45) is 0 Å². The van der Waals surface area contributed by atoms with Crippen LogP contribution in [0.2, 0.25) is 0 Å². The van der Waals surface area contributed by atoms with Gasteiger partial charge >= 0.3 is 184 Å². The first-order chi connectivity index (χ1) is 14.5. The number of rotatable bonds is 6. The monoisotopic (exact) mass is 482 g/mol. The third-order valence-electron chi connectivity index (χ3n) is 5.59. The fraction of sp³-hybridized carbons (Fsp3) is 0.0769. The molecular weight excluding hydrogens is 461 g/mol. The molecule has 0 aliphatic rings. The molecule has 0 saturated heterocycles. The van der Waals surface area contributed by atoms with Gasteiger partial charge in [0.15, 0.2) is 0 Å². The van der Waals surface area contributed by atoms with Gasteiger partial charge < -0.3 is 0 Å². The zero-order valence-corrected chi connectivity index (χ0v) is 18.8. The maximum atomic E-state index is 13.1. The molecule has 0 aromatic heterocycles. The van der Waals surface area contributed by atoms with Gasteiger partial charge in [0.05, 0.1) is 0 Å². The van der Waals surface area contributed by atoms with E-state index in [2.05, 4.69) is 88.3 Å². The van der Waals surface area contributed by atoms with Crippen LogP contribution < -0.4 is 15.9 Å². The molecule has 30 heavy (non-hydrogen) atoms. The molecule has 152 valence electrons. The SMILES string of the molecule is FC(F)c1ccc(CP(Br)(c2ccccc2)(c2ccccc2)c2ccccc2)cc1. The van der Waals surface area contributed by atoms with E-state index < -0.39 is 11.7 Å². The molecular formula is C26H22BrF2P. The van der Waals surface area contributed by atoms with E-state index in [-0.39, 0.29) is 5.56 Å². The van der Waals surface area contributed by atoms with Gasteiger partial charge in [-0.1, -0.05) is 0 Å². The van der Waals surface area contributed by atoms with E-state index in [9.17, 15) is 8.78 Å². The van der Waals surface area contributed by atoms with Crippen LogP contribution in [0.4, 0.5) is 8.78 Å². The molecule has 0 bridgehead atoms. The first-order valence-electron chi connectivity index (χ1n) is 9.79. The van der Waals surface area contributed by atoms with Gasteiger partial charge in [-0.05, 0) is 0 Å². The van der Waals surface area contributed by atoms with E-state index in [4.69, 9.17) is 0 Å². The summed E-state index contributed by atoms with van der Waals surface area (Å²) in [5.74, 6) is 0. The summed E-state index contributed by atoms with van der Waals surface area (Å²) in [4.78, 5) is 0. The van der Waals surface area contributed by atoms with Crippen LogP contribution in [0, 0.1) is 0 Å². The third kappa shape index (κ3) is 3.62. The Hall–Kier alpha value is -2.35. The molecule has 0 radical (unpaired) electrons. The molecule has 0 N–H and O–H groups in total. The van der Waals surface area contributed by atoms with Gasteiger partial charge in [-0.2, -0.15) is 0 Å². The van der Waals surface area contributed by atoms with Crippen molar-refractivity contribution in [2.75, 3.05) is 0 Å². The molecule has 0 atom stereocenters. The predicted molar refractivity (Wildman–Crippen MR) is 129 cm³/mol. The fourth-order valence-electron chi connectivity index (χ4n) is 4.05. The number of hydrogen-bond acceptors (Lipinski definition) is 0. The second-order valence-electron chi connectivity index (χ2n) is 7.39. The van der Waals surface area contributed by atoms with Crippen molar-refractivity contribution in [3.63, 3.8) is 0 Å². The molecule has 4 aromatic carbocycles. The molecule has 0 nitrogen and oxygen atoms in total. The predicted octanol–water partition coefficient (Wildman–Crippen LogP) is 6.96. The molecule has 0 fully saturated rings. The molecule has 4 rings (SSSR count). The molecule has 4 aromatic rings. The number of halogens is 3. The van der Waals surface area contributed by atoms with Crippen molar-refractivity contribution >= 4 is 36.7 Å². The average Bonchev–Trinajstić information content (AvgIpc) is 2.81. The topological polar surface area (TPSA) is 0 Å². The van der Waals surface area contributed by atoms with Gasteiger partial charge in [-0.15, -0.1) is 0 Å². The summed E-state index contributed by atoms with van der Waals surface area (Å²) in [6.45, 7) is 0. The molecule has 0 unspecified atom stereocenters. The number of benzene rings is 4. The van der Waals surface area contributed by atoms with Gasteiger partial charge in [-0.3, -0.25) is 0 Å². The molecule has 4 heteroatoms. The Bertz CT molecular complexity index is 999. The minimum absolute atomic E-state index is 0.0489. The van der Waals surface area contributed by atoms with E-state index in [0.717, 1.165) is 5.56 Å². The first-order valence-corrected chi connectivity index (χ1v) is 14.2. The van der Waals surface area contributed by atoms with Gasteiger partial charge in [0, 0.05) is 0 Å². The fourth-order valence-corrected chi connectivity index (χ4v) is 11.8. The number of alkyl halides is 2. The third-order valence-corrected chi connectivity index (χ3v) is 15.1. The van der Waals surface area contributed by atoms with E-state index in [1.807, 2.05) is 30.3 Å². The molecule has 0 aliphatic heterocycles. The van der Waals surface area contributed by atoms with Crippen molar-refractivity contribution in [1.82, 2.24) is 0 Å². The average molecular weight is 483 g/mol. The second-order valence-corrected chi connectivity index (χ2v) is 16.3. The van der Waals surface area contributed by atoms with Crippen molar-refractivity contribution in [3.05, 3.63) is 126 Å². The Kier molecular flexibility index (Phi) is 5.86. The Balaban J connectivity index is 2.01. The zero-order valence-electron chi connectivity index (χ0n) is 16.3. The standard InChI is InChI=1S/C26H22BrF2P/c27-30(23-10-4-1-5-11-23,24-12-6-2-7-13-24,25-14-8-3-9-15-25)20-21-16-18-22(19-17-21)26(28)29/h1-19,26H,20H2. The van der Waals surface area contributed by atoms with Gasteiger partial charge in [0.25, 0.3) is 0 Å². The van der Waals surface area contributed by atoms with Crippen LogP contribution in [-0.4, -0.2) is 0 Å². The van der Waals surface area contributed by atoms with E-state index >= 15 is 0 Å². The number of hydrogen-bond donors (Lipinski definition) is 0. The van der Waals surface area contributed by atoms with Gasteiger partial charge in [0.2, 0.25) is 0 Å². The van der Waals surface area contributed by atoms with E-state index in [0.29, 0.717) is 6.16 Å². The molecule has 0 amide bonds. The van der Waals surface area contributed by atoms with Crippen LogP contribution >= 0.6 is 20.8 Å². The summed E-state index contributed by atoms with van der Waals surface area (Å²) in [6.07, 6.45) is -1.77. The van der Waals surface area contributed by atoms with E-state index in [1.165, 1.54) is 28.0 Å². The van der Waals surface area contributed by atoms with Crippen LogP contribution in [0.15, 0.2) is 115 Å². The minimum atomic E-state index is -3.10. The summed E-state index contributed by atoms with van der Waals surface area (Å²) in [7, 11) is 0. The second kappa shape index (κ2) is 8.41. The first kappa shape index (κ1) is 20.9. The van der Waals surface area contributed by atoms with Crippen molar-refractivity contribution in [1.29, 1.82) is 0 Å². The van der Waals surface area contributed by atoms with Crippen LogP contribution in [0.5, 0.6) is 0 Å². The Morgan fingerprint density at radius 3 is 1.27 bits per heavy atom. The zero-order chi connectivity index (χ0) is 21.1. The summed E-state index contributed by atoms with van der Waals surface area (Å²) in [6, 6.07) is 38.2. The summed E-state index contributed by atoms with van der Waals surface area (Å²) < 4.78 is 26.2. The molecule has 0 heterocycles. The van der Waals surface area contributed by atoms with Crippen LogP contribution in [-0.2, 0) is 6.16 Å². The molecule has 0 spiro atoms. The van der Waals surface area contributed by atoms with Crippen molar-refractivity contribution in [3.8, 4) is 0 Å². The normalized spacial score (nSPS) is 13.0. The Morgan fingerprint density at radius 2 is 0.933 bits per heavy atom. The van der Waals surface area contributed by atoms with Crippen LogP contribution in [0.1, 0.15) is 17.6 Å².